The maximum absolute atomic E-state index is 13.1. The van der Waals surface area contributed by atoms with Crippen LogP contribution in [-0.2, 0) is 0 Å². The van der Waals surface area contributed by atoms with E-state index in [1.165, 1.54) is 0 Å². The minimum Gasteiger partial charge on any atom is -0.336 e. The van der Waals surface area contributed by atoms with Crippen molar-refractivity contribution >= 4 is 29.4 Å². The largest absolute Gasteiger partial charge is 0.336 e. The first-order valence-electron chi connectivity index (χ1n) is 7.87. The molecule has 1 fully saturated rings. The van der Waals surface area contributed by atoms with Gasteiger partial charge in [-0.05, 0) is 39.3 Å². The number of fused-ring (bicyclic) bond motifs is 1. The van der Waals surface area contributed by atoms with E-state index < -0.39 is 0 Å². The number of carbonyl (C=O) groups is 1. The average Bonchev–Trinajstić information content (AvgIpc) is 3.14. The van der Waals surface area contributed by atoms with Crippen LogP contribution in [-0.4, -0.2) is 46.6 Å². The monoisotopic (exact) mass is 338 g/mol. The van der Waals surface area contributed by atoms with Gasteiger partial charge in [-0.15, -0.1) is 12.4 Å². The number of nitrogens with zero attached hydrogens (tertiary/aromatic N) is 3. The first-order valence-corrected chi connectivity index (χ1v) is 7.87. The highest BCUT2D eigenvalue weighted by Gasteiger charge is 2.29. The smallest absolute Gasteiger partial charge is 0.258 e. The molecule has 1 N–H and O–H groups in total. The number of nitrogens with one attached hydrogen (secondary N) is 1. The van der Waals surface area contributed by atoms with E-state index in [-0.39, 0.29) is 24.4 Å². The van der Waals surface area contributed by atoms with Crippen LogP contribution in [0.2, 0.25) is 0 Å². The van der Waals surface area contributed by atoms with Crippen LogP contribution in [0.1, 0.15) is 41.5 Å². The minimum absolute atomic E-state index is 0. The van der Waals surface area contributed by atoms with Crippen molar-refractivity contribution in [3.8, 4) is 0 Å². The maximum Gasteiger partial charge on any atom is 0.258 e. The number of hydrogen-bond donors (Lipinski definition) is 1. The number of aromatic nitrogens is 2. The predicted molar refractivity (Wildman–Crippen MR) is 91.1 cm³/mol. The molecule has 1 aliphatic rings. The molecule has 0 spiro atoms. The van der Waals surface area contributed by atoms with Gasteiger partial charge in [0.05, 0.1) is 16.6 Å². The van der Waals surface area contributed by atoms with Crippen molar-refractivity contribution in [2.45, 2.75) is 39.7 Å². The molecular weight excluding hydrogens is 316 g/mol. The summed E-state index contributed by atoms with van der Waals surface area (Å²) in [5, 5.41) is 8.04. The molecular formula is C16H23ClN4O2. The Bertz CT molecular complexity index is 695. The fourth-order valence-corrected chi connectivity index (χ4v) is 3.14. The Hall–Kier alpha value is -1.66. The third kappa shape index (κ3) is 3.33. The Morgan fingerprint density at radius 1 is 1.48 bits per heavy atom. The lowest BCUT2D eigenvalue weighted by molar-refractivity contribution is 0.0694. The van der Waals surface area contributed by atoms with Crippen LogP contribution in [0.15, 0.2) is 10.6 Å². The van der Waals surface area contributed by atoms with Crippen molar-refractivity contribution in [1.29, 1.82) is 0 Å². The molecule has 23 heavy (non-hydrogen) atoms. The van der Waals surface area contributed by atoms with Gasteiger partial charge in [0.15, 0.2) is 0 Å². The van der Waals surface area contributed by atoms with Crippen LogP contribution in [0.4, 0.5) is 0 Å². The maximum atomic E-state index is 13.1. The Balaban J connectivity index is 0.00000192. The quantitative estimate of drug-likeness (QED) is 0.927. The Kier molecular flexibility index (Phi) is 5.59. The topological polar surface area (TPSA) is 71.3 Å². The number of carbonyl (C=O) groups excluding carboxylic acids is 1. The van der Waals surface area contributed by atoms with Crippen LogP contribution in [0.5, 0.6) is 0 Å². The molecule has 2 aromatic rings. The molecule has 1 saturated heterocycles. The molecule has 126 valence electrons. The summed E-state index contributed by atoms with van der Waals surface area (Å²) in [5.74, 6) is 0.0531. The molecule has 0 saturated carbocycles. The van der Waals surface area contributed by atoms with E-state index in [4.69, 9.17) is 4.52 Å². The van der Waals surface area contributed by atoms with Crippen LogP contribution < -0.4 is 5.32 Å². The Morgan fingerprint density at radius 3 is 2.91 bits per heavy atom. The molecule has 7 heteroatoms. The highest BCUT2D eigenvalue weighted by Crippen LogP contribution is 2.24. The van der Waals surface area contributed by atoms with Crippen molar-refractivity contribution in [2.75, 3.05) is 19.6 Å². The second kappa shape index (κ2) is 7.27. The third-order valence-electron chi connectivity index (χ3n) is 4.18. The summed E-state index contributed by atoms with van der Waals surface area (Å²) in [5.41, 5.74) is 2.59. The van der Waals surface area contributed by atoms with E-state index >= 15 is 0 Å². The summed E-state index contributed by atoms with van der Waals surface area (Å²) < 4.78 is 5.24. The van der Waals surface area contributed by atoms with E-state index in [1.807, 2.05) is 24.8 Å². The summed E-state index contributed by atoms with van der Waals surface area (Å²) in [7, 11) is 0. The lowest BCUT2D eigenvalue weighted by Crippen LogP contribution is -2.42. The molecule has 1 unspecified atom stereocenters. The van der Waals surface area contributed by atoms with Crippen LogP contribution in [0.25, 0.3) is 11.1 Å². The molecule has 0 radical (unpaired) electrons. The first kappa shape index (κ1) is 17.7. The van der Waals surface area contributed by atoms with Gasteiger partial charge in [-0.1, -0.05) is 12.1 Å². The highest BCUT2D eigenvalue weighted by molar-refractivity contribution is 6.06. The zero-order valence-corrected chi connectivity index (χ0v) is 14.6. The molecule has 0 aromatic carbocycles. The number of amides is 1. The molecule has 0 aliphatic carbocycles. The molecule has 0 bridgehead atoms. The van der Waals surface area contributed by atoms with Gasteiger partial charge in [-0.25, -0.2) is 4.98 Å². The molecule has 1 aliphatic heterocycles. The summed E-state index contributed by atoms with van der Waals surface area (Å²) in [6, 6.07) is 2.11. The second-order valence-electron chi connectivity index (χ2n) is 5.90. The van der Waals surface area contributed by atoms with Gasteiger partial charge in [0.2, 0.25) is 0 Å². The van der Waals surface area contributed by atoms with Crippen molar-refractivity contribution in [3.05, 3.63) is 23.0 Å². The van der Waals surface area contributed by atoms with Gasteiger partial charge in [0, 0.05) is 24.8 Å². The summed E-state index contributed by atoms with van der Waals surface area (Å²) in [4.78, 5) is 19.5. The van der Waals surface area contributed by atoms with Gasteiger partial charge >= 0.3 is 0 Å². The van der Waals surface area contributed by atoms with Crippen LogP contribution in [0.3, 0.4) is 0 Å². The lowest BCUT2D eigenvalue weighted by atomic mass is 10.1. The fourth-order valence-electron chi connectivity index (χ4n) is 3.14. The standard InChI is InChI=1S/C16H22N4O2.ClH/c1-4-7-20(12-5-6-17-9-12)16(21)13-8-10(2)18-15-14(13)11(3)19-22-15;/h8,12,17H,4-7,9H2,1-3H3;1H. The van der Waals surface area contributed by atoms with Crippen molar-refractivity contribution in [2.24, 2.45) is 0 Å². The van der Waals surface area contributed by atoms with Gasteiger partial charge in [0.1, 0.15) is 0 Å². The SMILES string of the molecule is CCCN(C(=O)c1cc(C)nc2onc(C)c12)C1CCNC1.Cl. The second-order valence-corrected chi connectivity index (χ2v) is 5.90. The molecule has 6 nitrogen and oxygen atoms in total. The van der Waals surface area contributed by atoms with Crippen LogP contribution in [0, 0.1) is 13.8 Å². The third-order valence-corrected chi connectivity index (χ3v) is 4.18. The van der Waals surface area contributed by atoms with E-state index in [0.717, 1.165) is 43.6 Å². The first-order chi connectivity index (χ1) is 10.6. The number of aryl methyl sites for hydroxylation is 2. The summed E-state index contributed by atoms with van der Waals surface area (Å²) >= 11 is 0. The molecule has 1 atom stereocenters. The summed E-state index contributed by atoms with van der Waals surface area (Å²) in [6.45, 7) is 8.41. The predicted octanol–water partition coefficient (Wildman–Crippen LogP) is 2.48. The van der Waals surface area contributed by atoms with Crippen molar-refractivity contribution in [3.63, 3.8) is 0 Å². The molecule has 3 rings (SSSR count). The Labute approximate surface area is 142 Å². The minimum atomic E-state index is 0. The number of pyridine rings is 1. The molecule has 2 aromatic heterocycles. The number of rotatable bonds is 4. The van der Waals surface area contributed by atoms with Gasteiger partial charge in [-0.2, -0.15) is 0 Å². The molecule has 1 amide bonds. The zero-order chi connectivity index (χ0) is 15.7. The summed E-state index contributed by atoms with van der Waals surface area (Å²) in [6.07, 6.45) is 1.94. The lowest BCUT2D eigenvalue weighted by Gasteiger charge is -2.28. The Morgan fingerprint density at radius 2 is 2.26 bits per heavy atom. The van der Waals surface area contributed by atoms with Crippen LogP contribution >= 0.6 is 12.4 Å². The number of halogens is 1. The zero-order valence-electron chi connectivity index (χ0n) is 13.8. The van der Waals surface area contributed by atoms with E-state index in [1.54, 1.807) is 0 Å². The molecule has 3 heterocycles. The van der Waals surface area contributed by atoms with E-state index in [0.29, 0.717) is 17.0 Å². The van der Waals surface area contributed by atoms with Gasteiger partial charge in [0.25, 0.3) is 11.6 Å². The van der Waals surface area contributed by atoms with Crippen molar-refractivity contribution in [1.82, 2.24) is 20.4 Å². The van der Waals surface area contributed by atoms with E-state index in [9.17, 15) is 4.79 Å². The van der Waals surface area contributed by atoms with Crippen molar-refractivity contribution < 1.29 is 9.32 Å². The normalized spacial score (nSPS) is 17.3. The fraction of sp³-hybridized carbons (Fsp3) is 0.562. The van der Waals surface area contributed by atoms with Gasteiger partial charge < -0.3 is 14.7 Å². The average molecular weight is 339 g/mol. The highest BCUT2D eigenvalue weighted by atomic mass is 35.5. The van der Waals surface area contributed by atoms with E-state index in [2.05, 4.69) is 22.4 Å². The van der Waals surface area contributed by atoms with Gasteiger partial charge in [-0.3, -0.25) is 4.79 Å². The number of hydrogen-bond acceptors (Lipinski definition) is 5.